The lowest BCUT2D eigenvalue weighted by molar-refractivity contribution is 0.415. The zero-order valence-electron chi connectivity index (χ0n) is 22.0. The van der Waals surface area contributed by atoms with Gasteiger partial charge in [0.15, 0.2) is 0 Å². The Kier molecular flexibility index (Phi) is 8.13. The van der Waals surface area contributed by atoms with E-state index in [4.69, 9.17) is 16.3 Å². The number of aryl methyl sites for hydroxylation is 2. The molecule has 39 heavy (non-hydrogen) atoms. The van der Waals surface area contributed by atoms with Crippen molar-refractivity contribution in [1.29, 1.82) is 0 Å². The monoisotopic (exact) mass is 538 g/mol. The fourth-order valence-electron chi connectivity index (χ4n) is 4.62. The van der Waals surface area contributed by atoms with Crippen molar-refractivity contribution in [3.8, 4) is 11.5 Å². The number of hydrogen-bond donors (Lipinski definition) is 3. The molecule has 1 aliphatic rings. The third kappa shape index (κ3) is 6.24. The Hall–Kier alpha value is -4.29. The lowest BCUT2D eigenvalue weighted by Crippen LogP contribution is -2.04. The maximum absolute atomic E-state index is 11.3. The zero-order chi connectivity index (χ0) is 27.2. The van der Waals surface area contributed by atoms with Crippen LogP contribution in [-0.2, 0) is 19.5 Å². The minimum atomic E-state index is 0.108. The first-order valence-corrected chi connectivity index (χ1v) is 13.3. The summed E-state index contributed by atoms with van der Waals surface area (Å²) in [6.45, 7) is 3.08. The van der Waals surface area contributed by atoms with E-state index in [1.807, 2.05) is 79.7 Å². The fourth-order valence-corrected chi connectivity index (χ4v) is 4.79. The number of aromatic hydroxyl groups is 1. The quantitative estimate of drug-likeness (QED) is 0.186. The van der Waals surface area contributed by atoms with Gasteiger partial charge in [-0.05, 0) is 78.9 Å². The van der Waals surface area contributed by atoms with Gasteiger partial charge in [0.25, 0.3) is 0 Å². The van der Waals surface area contributed by atoms with Crippen LogP contribution >= 0.6 is 11.6 Å². The first-order chi connectivity index (χ1) is 19.0. The molecule has 7 heteroatoms. The average Bonchev–Trinajstić information content (AvgIpc) is 2.96. The Morgan fingerprint density at radius 1 is 0.949 bits per heavy atom. The molecule has 3 N–H and O–H groups in total. The molecule has 5 rings (SSSR count). The number of anilines is 2. The molecule has 4 aromatic rings. The summed E-state index contributed by atoms with van der Waals surface area (Å²) >= 11 is 6.20. The molecule has 0 saturated heterocycles. The van der Waals surface area contributed by atoms with E-state index >= 15 is 0 Å². The number of methoxy groups -OCH3 is 1. The van der Waals surface area contributed by atoms with Gasteiger partial charge in [-0.25, -0.2) is 0 Å². The normalized spacial score (nSPS) is 12.4. The van der Waals surface area contributed by atoms with Gasteiger partial charge in [0, 0.05) is 40.6 Å². The number of allylic oxidation sites excluding steroid dienone is 1. The van der Waals surface area contributed by atoms with Crippen molar-refractivity contribution in [2.75, 3.05) is 17.7 Å². The predicted molar refractivity (Wildman–Crippen MR) is 160 cm³/mol. The predicted octanol–water partition coefficient (Wildman–Crippen LogP) is 8.96. The number of nitrogens with one attached hydrogen (secondary N) is 2. The van der Waals surface area contributed by atoms with Gasteiger partial charge in [0.05, 0.1) is 7.11 Å². The second kappa shape index (κ2) is 12.0. The van der Waals surface area contributed by atoms with Crippen LogP contribution in [0.1, 0.15) is 34.2 Å². The lowest BCUT2D eigenvalue weighted by atomic mass is 9.93. The standard InChI is InChI=1S/C32H31ClN4O2/c1-21-12-14-25(33)18-28(21)35-20-24-17-23-8-6-7-11-27(23)31(32(24)38)37-36-29-16-22(13-15-30(29)39-2)19-34-26-9-4-3-5-10-26/h3-5,7,9-18,34-35,38H,6,8,19-20H2,1-2H3. The zero-order valence-corrected chi connectivity index (χ0v) is 22.8. The van der Waals surface area contributed by atoms with Gasteiger partial charge in [-0.15, -0.1) is 10.2 Å². The maximum atomic E-state index is 11.3. The SMILES string of the molecule is COc1ccc(CNc2ccccc2)cc1N=Nc1c(O)c(CNc2cc(Cl)ccc2C)cc2c1C=CCC2. The summed E-state index contributed by atoms with van der Waals surface area (Å²) in [5, 5.41) is 27.9. The van der Waals surface area contributed by atoms with Gasteiger partial charge in [-0.2, -0.15) is 0 Å². The summed E-state index contributed by atoms with van der Waals surface area (Å²) in [6, 6.07) is 23.7. The Morgan fingerprint density at radius 3 is 2.62 bits per heavy atom. The van der Waals surface area contributed by atoms with Gasteiger partial charge in [0.1, 0.15) is 22.9 Å². The van der Waals surface area contributed by atoms with E-state index in [0.717, 1.165) is 52.0 Å². The number of fused-ring (bicyclic) bond motifs is 1. The smallest absolute Gasteiger partial charge is 0.148 e. The van der Waals surface area contributed by atoms with Crippen LogP contribution in [0, 0.1) is 6.92 Å². The molecular formula is C32H31ClN4O2. The second-order valence-corrected chi connectivity index (χ2v) is 9.92. The highest BCUT2D eigenvalue weighted by atomic mass is 35.5. The van der Waals surface area contributed by atoms with E-state index in [2.05, 4.69) is 33.0 Å². The highest BCUT2D eigenvalue weighted by Crippen LogP contribution is 2.42. The molecule has 0 saturated carbocycles. The summed E-state index contributed by atoms with van der Waals surface area (Å²) in [5.41, 5.74) is 7.91. The molecule has 0 amide bonds. The van der Waals surface area contributed by atoms with Crippen molar-refractivity contribution in [1.82, 2.24) is 0 Å². The Labute approximate surface area is 234 Å². The number of ether oxygens (including phenoxy) is 1. The van der Waals surface area contributed by atoms with Gasteiger partial charge >= 0.3 is 0 Å². The highest BCUT2D eigenvalue weighted by molar-refractivity contribution is 6.30. The molecule has 0 radical (unpaired) electrons. The third-order valence-corrected chi connectivity index (χ3v) is 7.02. The highest BCUT2D eigenvalue weighted by Gasteiger charge is 2.18. The molecule has 0 aliphatic heterocycles. The number of rotatable bonds is 9. The molecule has 198 valence electrons. The summed E-state index contributed by atoms with van der Waals surface area (Å²) in [6.07, 6.45) is 5.94. The van der Waals surface area contributed by atoms with Gasteiger partial charge in [0.2, 0.25) is 0 Å². The summed E-state index contributed by atoms with van der Waals surface area (Å²) in [5.74, 6) is 0.720. The van der Waals surface area contributed by atoms with Gasteiger partial charge in [-0.1, -0.05) is 54.1 Å². The lowest BCUT2D eigenvalue weighted by Gasteiger charge is -2.18. The molecule has 0 atom stereocenters. The number of para-hydroxylation sites is 1. The van der Waals surface area contributed by atoms with E-state index in [-0.39, 0.29) is 5.75 Å². The van der Waals surface area contributed by atoms with Gasteiger partial charge in [-0.3, -0.25) is 0 Å². The topological polar surface area (TPSA) is 78.2 Å². The summed E-state index contributed by atoms with van der Waals surface area (Å²) in [4.78, 5) is 0. The van der Waals surface area contributed by atoms with Crippen molar-refractivity contribution < 1.29 is 9.84 Å². The number of hydrogen-bond acceptors (Lipinski definition) is 6. The molecule has 0 bridgehead atoms. The molecule has 0 unspecified atom stereocenters. The Morgan fingerprint density at radius 2 is 1.79 bits per heavy atom. The average molecular weight is 539 g/mol. The van der Waals surface area contributed by atoms with Crippen LogP contribution < -0.4 is 15.4 Å². The van der Waals surface area contributed by atoms with E-state index in [9.17, 15) is 5.11 Å². The van der Waals surface area contributed by atoms with E-state index in [1.54, 1.807) is 7.11 Å². The van der Waals surface area contributed by atoms with Crippen LogP contribution in [0.3, 0.4) is 0 Å². The van der Waals surface area contributed by atoms with E-state index in [1.165, 1.54) is 0 Å². The molecule has 6 nitrogen and oxygen atoms in total. The Balaban J connectivity index is 1.44. The number of nitrogens with zero attached hydrogens (tertiary/aromatic N) is 2. The number of phenolic OH excluding ortho intramolecular Hbond substituents is 1. The number of phenols is 1. The summed E-state index contributed by atoms with van der Waals surface area (Å²) in [7, 11) is 1.61. The maximum Gasteiger partial charge on any atom is 0.148 e. The Bertz CT molecular complexity index is 1530. The molecular weight excluding hydrogens is 508 g/mol. The number of halogens is 1. The molecule has 1 aliphatic carbocycles. The van der Waals surface area contributed by atoms with Crippen molar-refractivity contribution in [3.05, 3.63) is 112 Å². The van der Waals surface area contributed by atoms with Crippen LogP contribution in [-0.4, -0.2) is 12.2 Å². The van der Waals surface area contributed by atoms with Crippen LogP contribution in [0.2, 0.25) is 5.02 Å². The number of azo groups is 1. The first-order valence-electron chi connectivity index (χ1n) is 12.9. The van der Waals surface area contributed by atoms with Crippen LogP contribution in [0.25, 0.3) is 6.08 Å². The molecule has 0 spiro atoms. The second-order valence-electron chi connectivity index (χ2n) is 9.49. The molecule has 4 aromatic carbocycles. The number of benzene rings is 4. The van der Waals surface area contributed by atoms with Crippen LogP contribution in [0.15, 0.2) is 89.1 Å². The first kappa shape index (κ1) is 26.3. The molecule has 0 fully saturated rings. The molecule has 0 heterocycles. The van der Waals surface area contributed by atoms with E-state index in [0.29, 0.717) is 35.2 Å². The van der Waals surface area contributed by atoms with Crippen LogP contribution in [0.4, 0.5) is 22.7 Å². The summed E-state index contributed by atoms with van der Waals surface area (Å²) < 4.78 is 5.56. The van der Waals surface area contributed by atoms with Crippen molar-refractivity contribution in [2.45, 2.75) is 32.9 Å². The van der Waals surface area contributed by atoms with Crippen molar-refractivity contribution >= 4 is 40.4 Å². The van der Waals surface area contributed by atoms with Crippen LogP contribution in [0.5, 0.6) is 11.5 Å². The van der Waals surface area contributed by atoms with Gasteiger partial charge < -0.3 is 20.5 Å². The third-order valence-electron chi connectivity index (χ3n) is 6.78. The van der Waals surface area contributed by atoms with Crippen molar-refractivity contribution in [3.63, 3.8) is 0 Å². The minimum absolute atomic E-state index is 0.108. The van der Waals surface area contributed by atoms with Crippen molar-refractivity contribution in [2.24, 2.45) is 10.2 Å². The minimum Gasteiger partial charge on any atom is -0.505 e. The largest absolute Gasteiger partial charge is 0.505 e. The molecule has 0 aromatic heterocycles. The fraction of sp³-hybridized carbons (Fsp3) is 0.188. The van der Waals surface area contributed by atoms with E-state index < -0.39 is 0 Å².